The van der Waals surface area contributed by atoms with E-state index in [4.69, 9.17) is 13.7 Å². The molecule has 148 valence electrons. The Morgan fingerprint density at radius 1 is 0.931 bits per heavy atom. The van der Waals surface area contributed by atoms with Gasteiger partial charge in [-0.25, -0.2) is 0 Å². The molecule has 0 aliphatic carbocycles. The minimum absolute atomic E-state index is 0.218. The number of ether oxygens (including phenoxy) is 1. The zero-order valence-electron chi connectivity index (χ0n) is 16.4. The Hall–Kier alpha value is -3.13. The molecule has 0 fully saturated rings. The van der Waals surface area contributed by atoms with Crippen molar-refractivity contribution in [3.8, 4) is 17.1 Å². The van der Waals surface area contributed by atoms with Crippen LogP contribution in [0.5, 0.6) is 5.75 Å². The minimum Gasteiger partial charge on any atom is -0.484 e. The van der Waals surface area contributed by atoms with Crippen molar-refractivity contribution in [2.24, 2.45) is 0 Å². The molecule has 0 unspecified atom stereocenters. The van der Waals surface area contributed by atoms with Crippen LogP contribution in [0.1, 0.15) is 28.5 Å². The topological polar surface area (TPSA) is 87.1 Å². The lowest BCUT2D eigenvalue weighted by Crippen LogP contribution is -1.97. The number of thioether (sulfide) groups is 1. The van der Waals surface area contributed by atoms with Crippen LogP contribution in [-0.2, 0) is 12.4 Å². The summed E-state index contributed by atoms with van der Waals surface area (Å²) in [6.07, 6.45) is 0. The Balaban J connectivity index is 1.33. The van der Waals surface area contributed by atoms with Crippen LogP contribution >= 0.6 is 11.8 Å². The first kappa shape index (κ1) is 19.2. The van der Waals surface area contributed by atoms with E-state index in [-0.39, 0.29) is 6.61 Å². The Labute approximate surface area is 172 Å². The molecule has 0 saturated carbocycles. The average molecular weight is 408 g/mol. The van der Waals surface area contributed by atoms with Crippen LogP contribution in [0, 0.1) is 20.8 Å². The Kier molecular flexibility index (Phi) is 5.62. The molecule has 2 aromatic heterocycles. The molecule has 0 aliphatic rings. The fourth-order valence-electron chi connectivity index (χ4n) is 2.61. The van der Waals surface area contributed by atoms with E-state index in [9.17, 15) is 0 Å². The van der Waals surface area contributed by atoms with Gasteiger partial charge < -0.3 is 13.7 Å². The molecule has 0 atom stereocenters. The van der Waals surface area contributed by atoms with Gasteiger partial charge in [0.25, 0.3) is 11.1 Å². The van der Waals surface area contributed by atoms with Crippen LogP contribution in [0.2, 0.25) is 0 Å². The molecule has 0 bridgehead atoms. The number of aryl methyl sites for hydroxylation is 3. The first-order chi connectivity index (χ1) is 14.1. The molecular formula is C21H20N4O3S. The monoisotopic (exact) mass is 408 g/mol. The van der Waals surface area contributed by atoms with Crippen molar-refractivity contribution in [3.63, 3.8) is 0 Å². The Bertz CT molecular complexity index is 1110. The van der Waals surface area contributed by atoms with E-state index >= 15 is 0 Å². The molecule has 2 aromatic carbocycles. The van der Waals surface area contributed by atoms with E-state index in [2.05, 4.69) is 20.3 Å². The third kappa shape index (κ3) is 4.83. The molecule has 0 aliphatic heterocycles. The smallest absolute Gasteiger partial charge is 0.277 e. The van der Waals surface area contributed by atoms with Crippen molar-refractivity contribution >= 4 is 11.8 Å². The van der Waals surface area contributed by atoms with Crippen LogP contribution in [0.15, 0.2) is 56.6 Å². The molecule has 0 saturated heterocycles. The molecule has 0 radical (unpaired) electrons. The number of aromatic nitrogens is 4. The molecular weight excluding hydrogens is 388 g/mol. The highest BCUT2D eigenvalue weighted by Crippen LogP contribution is 2.24. The summed E-state index contributed by atoms with van der Waals surface area (Å²) in [5.41, 5.74) is 4.29. The highest BCUT2D eigenvalue weighted by Gasteiger charge is 2.13. The van der Waals surface area contributed by atoms with Crippen molar-refractivity contribution in [2.75, 3.05) is 0 Å². The fraction of sp³-hybridized carbons (Fsp3) is 0.238. The maximum Gasteiger partial charge on any atom is 0.277 e. The van der Waals surface area contributed by atoms with Gasteiger partial charge in [-0.05, 0) is 38.0 Å². The minimum atomic E-state index is 0.218. The van der Waals surface area contributed by atoms with Crippen molar-refractivity contribution in [3.05, 3.63) is 70.9 Å². The first-order valence-electron chi connectivity index (χ1n) is 9.12. The third-order valence-electron chi connectivity index (χ3n) is 4.24. The van der Waals surface area contributed by atoms with Crippen molar-refractivity contribution < 1.29 is 13.7 Å². The number of hydrogen-bond acceptors (Lipinski definition) is 8. The van der Waals surface area contributed by atoms with Crippen LogP contribution in [0.25, 0.3) is 11.4 Å². The molecule has 0 spiro atoms. The van der Waals surface area contributed by atoms with Gasteiger partial charge in [0.05, 0.1) is 5.75 Å². The number of benzene rings is 2. The number of hydrogen-bond donors (Lipinski definition) is 0. The van der Waals surface area contributed by atoms with Gasteiger partial charge in [0.2, 0.25) is 11.7 Å². The predicted molar refractivity (Wildman–Crippen MR) is 109 cm³/mol. The summed E-state index contributed by atoms with van der Waals surface area (Å²) in [7, 11) is 0. The van der Waals surface area contributed by atoms with E-state index in [0.717, 1.165) is 22.4 Å². The van der Waals surface area contributed by atoms with Crippen LogP contribution in [0.4, 0.5) is 0 Å². The Morgan fingerprint density at radius 2 is 1.72 bits per heavy atom. The van der Waals surface area contributed by atoms with Gasteiger partial charge in [0, 0.05) is 5.56 Å². The molecule has 8 heteroatoms. The van der Waals surface area contributed by atoms with Crippen molar-refractivity contribution in [1.82, 2.24) is 20.3 Å². The van der Waals surface area contributed by atoms with Crippen molar-refractivity contribution in [2.45, 2.75) is 38.4 Å². The van der Waals surface area contributed by atoms with Crippen LogP contribution in [0.3, 0.4) is 0 Å². The maximum absolute atomic E-state index is 5.79. The second-order valence-electron chi connectivity index (χ2n) is 6.69. The summed E-state index contributed by atoms with van der Waals surface area (Å²) in [5.74, 6) is 2.73. The SMILES string of the molecule is Cc1ccc(-c2noc(CSc3nnc(COc4cc(C)ccc4C)o3)n2)cc1. The zero-order chi connectivity index (χ0) is 20.2. The summed E-state index contributed by atoms with van der Waals surface area (Å²) >= 11 is 1.34. The molecule has 29 heavy (non-hydrogen) atoms. The van der Waals surface area contributed by atoms with Crippen molar-refractivity contribution in [1.29, 1.82) is 0 Å². The van der Waals surface area contributed by atoms with E-state index in [0.29, 0.717) is 28.6 Å². The molecule has 2 heterocycles. The molecule has 0 N–H and O–H groups in total. The first-order valence-corrected chi connectivity index (χ1v) is 10.1. The summed E-state index contributed by atoms with van der Waals surface area (Å²) in [4.78, 5) is 4.41. The molecule has 0 amide bonds. The van der Waals surface area contributed by atoms with E-state index in [1.165, 1.54) is 17.3 Å². The lowest BCUT2D eigenvalue weighted by atomic mass is 10.1. The van der Waals surface area contributed by atoms with E-state index in [1.807, 2.05) is 63.2 Å². The molecule has 4 aromatic rings. The van der Waals surface area contributed by atoms with Gasteiger partial charge in [-0.1, -0.05) is 58.9 Å². The maximum atomic E-state index is 5.79. The third-order valence-corrected chi connectivity index (χ3v) is 5.04. The average Bonchev–Trinajstić information content (AvgIpc) is 3.37. The fourth-order valence-corrected chi connectivity index (χ4v) is 3.23. The summed E-state index contributed by atoms with van der Waals surface area (Å²) in [6, 6.07) is 14.0. The molecule has 7 nitrogen and oxygen atoms in total. The summed E-state index contributed by atoms with van der Waals surface area (Å²) in [6.45, 7) is 6.28. The number of rotatable bonds is 7. The zero-order valence-corrected chi connectivity index (χ0v) is 17.2. The van der Waals surface area contributed by atoms with Gasteiger partial charge in [-0.3, -0.25) is 0 Å². The number of nitrogens with zero attached hydrogens (tertiary/aromatic N) is 4. The normalized spacial score (nSPS) is 11.0. The van der Waals surface area contributed by atoms with E-state index < -0.39 is 0 Å². The molecule has 4 rings (SSSR count). The lowest BCUT2D eigenvalue weighted by molar-refractivity contribution is 0.250. The second kappa shape index (κ2) is 8.48. The summed E-state index contributed by atoms with van der Waals surface area (Å²) in [5, 5.41) is 12.5. The standard InChI is InChI=1S/C21H20N4O3S/c1-13-5-8-16(9-6-13)20-22-19(28-25-20)12-29-21-24-23-18(27-21)11-26-17-10-14(2)4-7-15(17)3/h4-10H,11-12H2,1-3H3. The van der Waals surface area contributed by atoms with Gasteiger partial charge in [-0.15, -0.1) is 10.2 Å². The lowest BCUT2D eigenvalue weighted by Gasteiger charge is -2.07. The van der Waals surface area contributed by atoms with Gasteiger partial charge >= 0.3 is 0 Å². The van der Waals surface area contributed by atoms with Crippen LogP contribution in [-0.4, -0.2) is 20.3 Å². The highest BCUT2D eigenvalue weighted by atomic mass is 32.2. The summed E-state index contributed by atoms with van der Waals surface area (Å²) < 4.78 is 16.7. The largest absolute Gasteiger partial charge is 0.484 e. The van der Waals surface area contributed by atoms with Gasteiger partial charge in [0.1, 0.15) is 5.75 Å². The van der Waals surface area contributed by atoms with Gasteiger partial charge in [0.15, 0.2) is 6.61 Å². The Morgan fingerprint density at radius 3 is 2.55 bits per heavy atom. The van der Waals surface area contributed by atoms with Crippen LogP contribution < -0.4 is 4.74 Å². The van der Waals surface area contributed by atoms with E-state index in [1.54, 1.807) is 0 Å². The second-order valence-corrected chi connectivity index (χ2v) is 7.61. The highest BCUT2D eigenvalue weighted by molar-refractivity contribution is 7.98. The van der Waals surface area contributed by atoms with Gasteiger partial charge in [-0.2, -0.15) is 4.98 Å². The quantitative estimate of drug-likeness (QED) is 0.398. The predicted octanol–water partition coefficient (Wildman–Crippen LogP) is 4.92.